The molecule has 144 valence electrons. The van der Waals surface area contributed by atoms with Crippen molar-refractivity contribution in [3.8, 4) is 16.9 Å². The Bertz CT molecular complexity index is 1080. The molecule has 3 rings (SSSR count). The van der Waals surface area contributed by atoms with Gasteiger partial charge in [0.2, 0.25) is 6.79 Å². The van der Waals surface area contributed by atoms with Gasteiger partial charge in [-0.2, -0.15) is 0 Å². The summed E-state index contributed by atoms with van der Waals surface area (Å²) in [6.07, 6.45) is 2.84. The van der Waals surface area contributed by atoms with Crippen molar-refractivity contribution < 1.29 is 18.7 Å². The monoisotopic (exact) mass is 378 g/mol. The summed E-state index contributed by atoms with van der Waals surface area (Å²) in [5, 5.41) is 0.784. The lowest BCUT2D eigenvalue weighted by Gasteiger charge is -2.10. The van der Waals surface area contributed by atoms with Crippen molar-refractivity contribution in [3.05, 3.63) is 76.7 Å². The Kier molecular flexibility index (Phi) is 5.94. The number of fused-ring (bicyclic) bond motifs is 1. The summed E-state index contributed by atoms with van der Waals surface area (Å²) in [4.78, 5) is 23.7. The highest BCUT2D eigenvalue weighted by Gasteiger charge is 2.12. The first-order valence-electron chi connectivity index (χ1n) is 9.17. The standard InChI is InChI=1S/C23H22O5/c1-4-15-7-10-19(16(5-2)11-15)20-12-17-8-9-18(13-21(17)28-23(20)25)26-14-27-22(24)6-3/h6-13H,3-5,14H2,1-2H3. The fourth-order valence-corrected chi connectivity index (χ4v) is 3.01. The number of hydrogen-bond acceptors (Lipinski definition) is 5. The number of esters is 1. The van der Waals surface area contributed by atoms with E-state index < -0.39 is 11.6 Å². The van der Waals surface area contributed by atoms with Gasteiger partial charge in [-0.15, -0.1) is 0 Å². The largest absolute Gasteiger partial charge is 0.457 e. The summed E-state index contributed by atoms with van der Waals surface area (Å²) in [5.74, 6) is -0.139. The Labute approximate surface area is 163 Å². The van der Waals surface area contributed by atoms with Crippen LogP contribution in [0.25, 0.3) is 22.1 Å². The van der Waals surface area contributed by atoms with Crippen molar-refractivity contribution in [1.82, 2.24) is 0 Å². The van der Waals surface area contributed by atoms with Crippen LogP contribution in [0, 0.1) is 0 Å². The maximum Gasteiger partial charge on any atom is 0.344 e. The number of carbonyl (C=O) groups excluding carboxylic acids is 1. The number of aryl methyl sites for hydroxylation is 2. The minimum absolute atomic E-state index is 0.248. The molecular weight excluding hydrogens is 356 g/mol. The van der Waals surface area contributed by atoms with Crippen LogP contribution in [0.4, 0.5) is 0 Å². The molecule has 0 atom stereocenters. The van der Waals surface area contributed by atoms with E-state index in [0.717, 1.165) is 35.4 Å². The summed E-state index contributed by atoms with van der Waals surface area (Å²) >= 11 is 0. The van der Waals surface area contributed by atoms with E-state index in [9.17, 15) is 9.59 Å². The Morgan fingerprint density at radius 1 is 1.07 bits per heavy atom. The molecule has 0 amide bonds. The molecule has 0 saturated carbocycles. The van der Waals surface area contributed by atoms with Gasteiger partial charge >= 0.3 is 11.6 Å². The van der Waals surface area contributed by atoms with Gasteiger partial charge in [0, 0.05) is 17.5 Å². The highest BCUT2D eigenvalue weighted by molar-refractivity contribution is 5.83. The Morgan fingerprint density at radius 2 is 1.89 bits per heavy atom. The molecule has 0 N–H and O–H groups in total. The summed E-state index contributed by atoms with van der Waals surface area (Å²) < 4.78 is 15.7. The third-order valence-electron chi connectivity index (χ3n) is 4.55. The van der Waals surface area contributed by atoms with Gasteiger partial charge in [0.1, 0.15) is 11.3 Å². The summed E-state index contributed by atoms with van der Waals surface area (Å²) in [6, 6.07) is 13.1. The van der Waals surface area contributed by atoms with Crippen molar-refractivity contribution in [2.75, 3.05) is 6.79 Å². The van der Waals surface area contributed by atoms with Crippen LogP contribution in [0.3, 0.4) is 0 Å². The summed E-state index contributed by atoms with van der Waals surface area (Å²) in [5.41, 5.74) is 3.80. The van der Waals surface area contributed by atoms with Crippen molar-refractivity contribution in [1.29, 1.82) is 0 Å². The zero-order valence-electron chi connectivity index (χ0n) is 16.0. The van der Waals surface area contributed by atoms with Gasteiger partial charge in [0.05, 0.1) is 5.56 Å². The lowest BCUT2D eigenvalue weighted by atomic mass is 9.95. The molecule has 0 aliphatic rings. The lowest BCUT2D eigenvalue weighted by Crippen LogP contribution is -2.08. The molecule has 0 spiro atoms. The highest BCUT2D eigenvalue weighted by Crippen LogP contribution is 2.27. The molecule has 0 fully saturated rings. The predicted octanol–water partition coefficient (Wildman–Crippen LogP) is 4.65. The van der Waals surface area contributed by atoms with Crippen molar-refractivity contribution in [3.63, 3.8) is 0 Å². The molecule has 3 aromatic rings. The van der Waals surface area contributed by atoms with Crippen molar-refractivity contribution in [2.24, 2.45) is 0 Å². The molecule has 5 nitrogen and oxygen atoms in total. The highest BCUT2D eigenvalue weighted by atomic mass is 16.7. The van der Waals surface area contributed by atoms with Gasteiger partial charge in [-0.3, -0.25) is 0 Å². The second-order valence-corrected chi connectivity index (χ2v) is 6.28. The Morgan fingerprint density at radius 3 is 2.61 bits per heavy atom. The van der Waals surface area contributed by atoms with E-state index in [2.05, 4.69) is 26.5 Å². The van der Waals surface area contributed by atoms with Crippen LogP contribution >= 0.6 is 0 Å². The number of rotatable bonds is 7. The normalized spacial score (nSPS) is 10.6. The first-order valence-corrected chi connectivity index (χ1v) is 9.17. The third kappa shape index (κ3) is 4.14. The van der Waals surface area contributed by atoms with E-state index >= 15 is 0 Å². The molecule has 2 aromatic carbocycles. The van der Waals surface area contributed by atoms with Crippen LogP contribution in [0.2, 0.25) is 0 Å². The molecule has 0 aliphatic carbocycles. The van der Waals surface area contributed by atoms with E-state index in [1.807, 2.05) is 18.2 Å². The molecule has 0 bridgehead atoms. The van der Waals surface area contributed by atoms with E-state index in [-0.39, 0.29) is 6.79 Å². The minimum Gasteiger partial charge on any atom is -0.457 e. The first kappa shape index (κ1) is 19.4. The number of carbonyl (C=O) groups is 1. The first-order chi connectivity index (χ1) is 13.5. The Hall–Kier alpha value is -3.34. The third-order valence-corrected chi connectivity index (χ3v) is 4.55. The number of benzene rings is 2. The van der Waals surface area contributed by atoms with E-state index in [1.54, 1.807) is 18.2 Å². The van der Waals surface area contributed by atoms with Crippen LogP contribution in [0.15, 0.2) is 64.3 Å². The molecular formula is C23H22O5. The van der Waals surface area contributed by atoms with E-state index in [1.165, 1.54) is 5.56 Å². The van der Waals surface area contributed by atoms with Crippen LogP contribution in [0.1, 0.15) is 25.0 Å². The second kappa shape index (κ2) is 8.57. The van der Waals surface area contributed by atoms with Gasteiger partial charge in [-0.05, 0) is 47.7 Å². The SMILES string of the molecule is C=CC(=O)OCOc1ccc2cc(-c3ccc(CC)cc3CC)c(=O)oc2c1. The average molecular weight is 378 g/mol. The minimum atomic E-state index is -0.571. The van der Waals surface area contributed by atoms with Gasteiger partial charge in [-0.1, -0.05) is 38.6 Å². The van der Waals surface area contributed by atoms with Crippen molar-refractivity contribution >= 4 is 16.9 Å². The predicted molar refractivity (Wildman–Crippen MR) is 108 cm³/mol. The summed E-state index contributed by atoms with van der Waals surface area (Å²) in [6.45, 7) is 7.25. The van der Waals surface area contributed by atoms with Crippen molar-refractivity contribution in [2.45, 2.75) is 26.7 Å². The Balaban J connectivity index is 1.94. The molecule has 5 heteroatoms. The smallest absolute Gasteiger partial charge is 0.344 e. The zero-order chi connectivity index (χ0) is 20.1. The molecule has 28 heavy (non-hydrogen) atoms. The molecule has 0 unspecified atom stereocenters. The van der Waals surface area contributed by atoms with Gasteiger partial charge in [-0.25, -0.2) is 9.59 Å². The zero-order valence-corrected chi connectivity index (χ0v) is 16.0. The topological polar surface area (TPSA) is 65.7 Å². The van der Waals surface area contributed by atoms with Crippen LogP contribution in [-0.4, -0.2) is 12.8 Å². The number of ether oxygens (including phenoxy) is 2. The van der Waals surface area contributed by atoms with Crippen LogP contribution in [0.5, 0.6) is 5.75 Å². The molecule has 0 saturated heterocycles. The van der Waals surface area contributed by atoms with Gasteiger partial charge in [0.25, 0.3) is 0 Å². The molecule has 0 aliphatic heterocycles. The fraction of sp³-hybridized carbons (Fsp3) is 0.217. The quantitative estimate of drug-likeness (QED) is 0.259. The summed E-state index contributed by atoms with van der Waals surface area (Å²) in [7, 11) is 0. The maximum atomic E-state index is 12.6. The maximum absolute atomic E-state index is 12.6. The molecule has 0 radical (unpaired) electrons. The molecule has 1 aromatic heterocycles. The fourth-order valence-electron chi connectivity index (χ4n) is 3.01. The van der Waals surface area contributed by atoms with Gasteiger partial charge in [0.15, 0.2) is 0 Å². The number of hydrogen-bond donors (Lipinski definition) is 0. The van der Waals surface area contributed by atoms with Crippen LogP contribution < -0.4 is 10.4 Å². The second-order valence-electron chi connectivity index (χ2n) is 6.28. The van der Waals surface area contributed by atoms with E-state index in [0.29, 0.717) is 16.9 Å². The molecule has 1 heterocycles. The van der Waals surface area contributed by atoms with Gasteiger partial charge < -0.3 is 13.9 Å². The van der Waals surface area contributed by atoms with E-state index in [4.69, 9.17) is 13.9 Å². The average Bonchev–Trinajstić information content (AvgIpc) is 2.72. The van der Waals surface area contributed by atoms with Crippen LogP contribution in [-0.2, 0) is 22.4 Å². The lowest BCUT2D eigenvalue weighted by molar-refractivity contribution is -0.144.